The number of pyridine rings is 1. The summed E-state index contributed by atoms with van der Waals surface area (Å²) >= 11 is 1.14. The summed E-state index contributed by atoms with van der Waals surface area (Å²) in [7, 11) is 0. The van der Waals surface area contributed by atoms with Crippen LogP contribution in [0.15, 0.2) is 54.7 Å². The molecule has 0 aliphatic heterocycles. The van der Waals surface area contributed by atoms with Gasteiger partial charge in [-0.25, -0.2) is 14.2 Å². The van der Waals surface area contributed by atoms with Crippen LogP contribution < -0.4 is 16.0 Å². The van der Waals surface area contributed by atoms with Gasteiger partial charge in [0.05, 0.1) is 16.8 Å². The molecule has 4 N–H and O–H groups in total. The number of anilines is 2. The predicted octanol–water partition coefficient (Wildman–Crippen LogP) is 4.73. The van der Waals surface area contributed by atoms with Crippen molar-refractivity contribution in [3.05, 3.63) is 60.5 Å². The summed E-state index contributed by atoms with van der Waals surface area (Å²) in [5, 5.41) is 16.9. The van der Waals surface area contributed by atoms with Crippen molar-refractivity contribution in [3.8, 4) is 22.4 Å². The van der Waals surface area contributed by atoms with E-state index in [9.17, 15) is 14.4 Å². The van der Waals surface area contributed by atoms with E-state index in [-0.39, 0.29) is 47.9 Å². The molecule has 0 saturated carbocycles. The van der Waals surface area contributed by atoms with Crippen molar-refractivity contribution in [2.75, 3.05) is 17.2 Å². The van der Waals surface area contributed by atoms with Gasteiger partial charge in [0.2, 0.25) is 5.91 Å². The van der Waals surface area contributed by atoms with Gasteiger partial charge >= 0.3 is 12.0 Å². The van der Waals surface area contributed by atoms with Crippen LogP contribution in [0.25, 0.3) is 32.6 Å². The normalized spacial score (nSPS) is 10.4. The number of urea groups is 1. The van der Waals surface area contributed by atoms with Gasteiger partial charge in [-0.05, 0) is 42.8 Å². The Morgan fingerprint density at radius 1 is 1.03 bits per heavy atom. The minimum atomic E-state index is -1.07. The van der Waals surface area contributed by atoms with Crippen LogP contribution in [-0.4, -0.2) is 58.4 Å². The Balaban J connectivity index is 0.00000380. The molecular formula is C25H22FLiN5O4S. The third-order valence-electron chi connectivity index (χ3n) is 5.13. The maximum Gasteiger partial charge on any atom is 0.321 e. The second kappa shape index (κ2) is 12.5. The van der Waals surface area contributed by atoms with Gasteiger partial charge in [0, 0.05) is 54.8 Å². The van der Waals surface area contributed by atoms with Crippen molar-refractivity contribution < 1.29 is 23.9 Å². The second-order valence-electron chi connectivity index (χ2n) is 7.70. The molecule has 0 aliphatic rings. The van der Waals surface area contributed by atoms with Crippen molar-refractivity contribution in [2.45, 2.75) is 19.8 Å². The molecule has 2 aromatic heterocycles. The molecular weight excluding hydrogens is 492 g/mol. The van der Waals surface area contributed by atoms with E-state index < -0.39 is 23.7 Å². The topological polar surface area (TPSA) is 133 Å². The van der Waals surface area contributed by atoms with Crippen molar-refractivity contribution in [1.29, 1.82) is 0 Å². The Morgan fingerprint density at radius 2 is 1.84 bits per heavy atom. The van der Waals surface area contributed by atoms with Crippen LogP contribution in [0.1, 0.15) is 19.8 Å². The number of hydrogen-bond acceptors (Lipinski definition) is 6. The van der Waals surface area contributed by atoms with E-state index >= 15 is 4.39 Å². The summed E-state index contributed by atoms with van der Waals surface area (Å²) in [4.78, 5) is 43.5. The van der Waals surface area contributed by atoms with E-state index in [1.54, 1.807) is 55.6 Å². The molecule has 0 bridgehead atoms. The van der Waals surface area contributed by atoms with Crippen molar-refractivity contribution in [2.24, 2.45) is 0 Å². The van der Waals surface area contributed by atoms with Crippen molar-refractivity contribution in [3.63, 3.8) is 0 Å². The SMILES string of the molecule is CCNC(=O)Nc1nc2c(F)c(-c3cccc(NC(=O)CCC(=O)O)c3)cc(-c3ccccn3)c2s1.[Li]. The van der Waals surface area contributed by atoms with Gasteiger partial charge in [-0.15, -0.1) is 0 Å². The Hall–Kier alpha value is -3.78. The minimum Gasteiger partial charge on any atom is -0.481 e. The third kappa shape index (κ3) is 6.71. The molecule has 4 aromatic rings. The Kier molecular flexibility index (Phi) is 9.35. The summed E-state index contributed by atoms with van der Waals surface area (Å²) in [5.74, 6) is -2.11. The molecule has 0 atom stereocenters. The maximum absolute atomic E-state index is 15.8. The third-order valence-corrected chi connectivity index (χ3v) is 6.13. The summed E-state index contributed by atoms with van der Waals surface area (Å²) < 4.78 is 16.3. The maximum atomic E-state index is 15.8. The van der Waals surface area contributed by atoms with E-state index in [0.29, 0.717) is 33.8 Å². The molecule has 0 fully saturated rings. The number of aromatic nitrogens is 2. The monoisotopic (exact) mass is 514 g/mol. The van der Waals surface area contributed by atoms with E-state index in [1.165, 1.54) is 0 Å². The minimum absolute atomic E-state index is 0. The Bertz CT molecular complexity index is 1450. The molecule has 3 amide bonds. The van der Waals surface area contributed by atoms with Crippen molar-refractivity contribution in [1.82, 2.24) is 15.3 Å². The van der Waals surface area contributed by atoms with Crippen LogP contribution >= 0.6 is 11.3 Å². The number of thiazole rings is 1. The molecule has 2 heterocycles. The average molecular weight is 514 g/mol. The first-order chi connectivity index (χ1) is 17.4. The number of carbonyl (C=O) groups is 3. The smallest absolute Gasteiger partial charge is 0.321 e. The molecule has 2 aromatic carbocycles. The largest absolute Gasteiger partial charge is 0.481 e. The first kappa shape index (κ1) is 27.8. The van der Waals surface area contributed by atoms with E-state index in [1.807, 2.05) is 6.07 Å². The fourth-order valence-electron chi connectivity index (χ4n) is 3.54. The van der Waals surface area contributed by atoms with Crippen LogP contribution in [0.4, 0.5) is 20.0 Å². The van der Waals surface area contributed by atoms with Gasteiger partial charge in [-0.1, -0.05) is 29.5 Å². The van der Waals surface area contributed by atoms with Gasteiger partial charge < -0.3 is 15.7 Å². The zero-order valence-electron chi connectivity index (χ0n) is 20.2. The number of rotatable bonds is 8. The Labute approximate surface area is 227 Å². The number of fused-ring (bicyclic) bond motifs is 1. The van der Waals surface area contributed by atoms with Crippen LogP contribution in [0.3, 0.4) is 0 Å². The molecule has 12 heteroatoms. The first-order valence-electron chi connectivity index (χ1n) is 11.1. The van der Waals surface area contributed by atoms with Gasteiger partial charge in [0.1, 0.15) is 5.52 Å². The molecule has 0 saturated heterocycles. The molecule has 9 nitrogen and oxygen atoms in total. The van der Waals surface area contributed by atoms with E-state index in [0.717, 1.165) is 11.3 Å². The number of aliphatic carboxylic acids is 1. The first-order valence-corrected chi connectivity index (χ1v) is 11.9. The summed E-state index contributed by atoms with van der Waals surface area (Å²) in [5.41, 5.74) is 2.45. The summed E-state index contributed by atoms with van der Waals surface area (Å²) in [6.45, 7) is 2.21. The Morgan fingerprint density at radius 3 is 2.54 bits per heavy atom. The standard InChI is InChI=1S/C25H22FN5O4S.Li/c1-2-27-24(35)31-25-30-22-21(26)16(13-17(23(22)36-25)18-8-3-4-11-28-18)14-6-5-7-15(12-14)29-19(32)9-10-20(33)34;/h3-8,11-13H,2,9-10H2,1H3,(H,29,32)(H,33,34)(H2,27,30,31,35);. The van der Waals surface area contributed by atoms with E-state index in [2.05, 4.69) is 25.9 Å². The number of benzene rings is 2. The molecule has 0 unspecified atom stereocenters. The zero-order valence-corrected chi connectivity index (χ0v) is 21.0. The second-order valence-corrected chi connectivity index (χ2v) is 8.70. The van der Waals surface area contributed by atoms with Crippen LogP contribution in [0.2, 0.25) is 0 Å². The fourth-order valence-corrected chi connectivity index (χ4v) is 4.52. The summed E-state index contributed by atoms with van der Waals surface area (Å²) in [6.07, 6.45) is 1.16. The van der Waals surface area contributed by atoms with Crippen LogP contribution in [0, 0.1) is 5.82 Å². The van der Waals surface area contributed by atoms with Gasteiger partial charge in [0.25, 0.3) is 0 Å². The number of nitrogens with zero attached hydrogens (tertiary/aromatic N) is 2. The number of halogens is 1. The predicted molar refractivity (Wildman–Crippen MR) is 142 cm³/mol. The van der Waals surface area contributed by atoms with Crippen molar-refractivity contribution >= 4 is 69.1 Å². The molecule has 0 aliphatic carbocycles. The number of carbonyl (C=O) groups excluding carboxylic acids is 2. The van der Waals surface area contributed by atoms with Gasteiger partial charge in [-0.3, -0.25) is 19.9 Å². The fraction of sp³-hybridized carbons (Fsp3) is 0.160. The average Bonchev–Trinajstić information content (AvgIpc) is 3.28. The quantitative estimate of drug-likeness (QED) is 0.251. The van der Waals surface area contributed by atoms with Gasteiger partial charge in [0.15, 0.2) is 10.9 Å². The van der Waals surface area contributed by atoms with Crippen LogP contribution in [-0.2, 0) is 9.59 Å². The molecule has 0 spiro atoms. The van der Waals surface area contributed by atoms with E-state index in [4.69, 9.17) is 5.11 Å². The summed E-state index contributed by atoms with van der Waals surface area (Å²) in [6, 6.07) is 13.2. The number of carboxylic acids is 1. The van der Waals surface area contributed by atoms with Gasteiger partial charge in [-0.2, -0.15) is 0 Å². The number of amides is 3. The zero-order chi connectivity index (χ0) is 25.7. The van der Waals surface area contributed by atoms with Crippen LogP contribution in [0.5, 0.6) is 0 Å². The molecule has 4 rings (SSSR count). The number of nitrogens with one attached hydrogen (secondary N) is 3. The molecule has 1 radical (unpaired) electrons. The number of hydrogen-bond donors (Lipinski definition) is 4. The molecule has 185 valence electrons. The number of carboxylic acid groups (broad SMARTS) is 1. The molecule has 37 heavy (non-hydrogen) atoms.